The molecule has 1 rings (SSSR count). The lowest BCUT2D eigenvalue weighted by molar-refractivity contribution is 0.0976. The third kappa shape index (κ3) is 4.38. The molecule has 0 aliphatic heterocycles. The quantitative estimate of drug-likeness (QED) is 0.691. The first kappa shape index (κ1) is 15.7. The van der Waals surface area contributed by atoms with E-state index >= 15 is 0 Å². The summed E-state index contributed by atoms with van der Waals surface area (Å²) < 4.78 is 5.58. The number of rotatable bonds is 6. The smallest absolute Gasteiger partial charge is 0.166 e. The van der Waals surface area contributed by atoms with Gasteiger partial charge in [0.05, 0.1) is 12.2 Å². The SMILES string of the molecule is CCCCC(=O)c1cc(C(C)(C)C)ccc1OCC. The van der Waals surface area contributed by atoms with Crippen LogP contribution in [0, 0.1) is 0 Å². The number of ether oxygens (including phenoxy) is 1. The average Bonchev–Trinajstić information content (AvgIpc) is 2.35. The van der Waals surface area contributed by atoms with Crippen LogP contribution < -0.4 is 4.74 Å². The number of hydrogen-bond donors (Lipinski definition) is 0. The minimum atomic E-state index is 0.0462. The van der Waals surface area contributed by atoms with Crippen LogP contribution in [0.5, 0.6) is 5.75 Å². The van der Waals surface area contributed by atoms with Gasteiger partial charge < -0.3 is 4.74 Å². The highest BCUT2D eigenvalue weighted by atomic mass is 16.5. The van der Waals surface area contributed by atoms with Gasteiger partial charge in [-0.15, -0.1) is 0 Å². The fourth-order valence-corrected chi connectivity index (χ4v) is 1.97. The minimum absolute atomic E-state index is 0.0462. The number of benzene rings is 1. The van der Waals surface area contributed by atoms with Crippen LogP contribution in [0.15, 0.2) is 18.2 Å². The molecule has 1 aromatic carbocycles. The Morgan fingerprint density at radius 3 is 2.42 bits per heavy atom. The van der Waals surface area contributed by atoms with E-state index in [1.807, 2.05) is 19.1 Å². The fraction of sp³-hybridized carbons (Fsp3) is 0.588. The molecule has 0 aliphatic carbocycles. The third-order valence-electron chi connectivity index (χ3n) is 3.20. The number of Topliss-reactive ketones (excluding diaryl/α,β-unsaturated/α-hetero) is 1. The van der Waals surface area contributed by atoms with E-state index in [2.05, 4.69) is 33.8 Å². The lowest BCUT2D eigenvalue weighted by Crippen LogP contribution is -2.13. The molecule has 19 heavy (non-hydrogen) atoms. The van der Waals surface area contributed by atoms with E-state index in [1.165, 1.54) is 5.56 Å². The van der Waals surface area contributed by atoms with Crippen molar-refractivity contribution in [1.29, 1.82) is 0 Å². The minimum Gasteiger partial charge on any atom is -0.493 e. The summed E-state index contributed by atoms with van der Waals surface area (Å²) in [6.07, 6.45) is 2.57. The summed E-state index contributed by atoms with van der Waals surface area (Å²) >= 11 is 0. The second kappa shape index (κ2) is 6.74. The molecule has 0 unspecified atom stereocenters. The van der Waals surface area contributed by atoms with E-state index in [0.717, 1.165) is 24.2 Å². The van der Waals surface area contributed by atoms with Crippen LogP contribution in [0.1, 0.15) is 69.8 Å². The third-order valence-corrected chi connectivity index (χ3v) is 3.20. The summed E-state index contributed by atoms with van der Waals surface area (Å²) in [6, 6.07) is 5.99. The van der Waals surface area contributed by atoms with Gasteiger partial charge >= 0.3 is 0 Å². The highest BCUT2D eigenvalue weighted by Gasteiger charge is 2.19. The fourth-order valence-electron chi connectivity index (χ4n) is 1.97. The van der Waals surface area contributed by atoms with Crippen LogP contribution in [0.4, 0.5) is 0 Å². The van der Waals surface area contributed by atoms with Crippen molar-refractivity contribution in [2.45, 2.75) is 59.3 Å². The van der Waals surface area contributed by atoms with Crippen molar-refractivity contribution in [3.63, 3.8) is 0 Å². The van der Waals surface area contributed by atoms with Gasteiger partial charge in [0, 0.05) is 6.42 Å². The maximum absolute atomic E-state index is 12.3. The molecule has 0 N–H and O–H groups in total. The molecule has 1 aromatic rings. The number of carbonyl (C=O) groups excluding carboxylic acids is 1. The predicted molar refractivity (Wildman–Crippen MR) is 80.2 cm³/mol. The Morgan fingerprint density at radius 2 is 1.89 bits per heavy atom. The van der Waals surface area contributed by atoms with Crippen molar-refractivity contribution in [1.82, 2.24) is 0 Å². The molecule has 0 saturated carbocycles. The van der Waals surface area contributed by atoms with Crippen molar-refractivity contribution in [3.8, 4) is 5.75 Å². The molecule has 0 heterocycles. The van der Waals surface area contributed by atoms with Crippen molar-refractivity contribution >= 4 is 5.78 Å². The molecule has 0 atom stereocenters. The first-order chi connectivity index (χ1) is 8.90. The zero-order valence-corrected chi connectivity index (χ0v) is 12.9. The molecule has 0 fully saturated rings. The average molecular weight is 262 g/mol. The largest absolute Gasteiger partial charge is 0.493 e. The van der Waals surface area contributed by atoms with Gasteiger partial charge in [-0.05, 0) is 36.5 Å². The van der Waals surface area contributed by atoms with Gasteiger partial charge in [0.15, 0.2) is 5.78 Å². The zero-order valence-electron chi connectivity index (χ0n) is 12.9. The summed E-state index contributed by atoms with van der Waals surface area (Å²) in [7, 11) is 0. The van der Waals surface area contributed by atoms with Crippen LogP contribution in [-0.2, 0) is 5.41 Å². The van der Waals surface area contributed by atoms with Crippen LogP contribution >= 0.6 is 0 Å². The summed E-state index contributed by atoms with van der Waals surface area (Å²) in [6.45, 7) is 11.1. The van der Waals surface area contributed by atoms with Crippen molar-refractivity contribution in [2.75, 3.05) is 6.61 Å². The first-order valence-electron chi connectivity index (χ1n) is 7.20. The Hall–Kier alpha value is -1.31. The summed E-state index contributed by atoms with van der Waals surface area (Å²) in [5, 5.41) is 0. The van der Waals surface area contributed by atoms with Gasteiger partial charge in [-0.1, -0.05) is 40.2 Å². The number of ketones is 1. The number of hydrogen-bond acceptors (Lipinski definition) is 2. The molecule has 0 saturated heterocycles. The molecule has 0 radical (unpaired) electrons. The Labute approximate surface area is 117 Å². The molecule has 2 heteroatoms. The van der Waals surface area contributed by atoms with Gasteiger partial charge in [0.1, 0.15) is 5.75 Å². The van der Waals surface area contributed by atoms with Crippen LogP contribution in [0.25, 0.3) is 0 Å². The van der Waals surface area contributed by atoms with E-state index in [4.69, 9.17) is 4.74 Å². The Bertz CT molecular complexity index is 427. The molecule has 0 aliphatic rings. The predicted octanol–water partition coefficient (Wildman–Crippen LogP) is 4.76. The molecule has 2 nitrogen and oxygen atoms in total. The molecule has 0 spiro atoms. The monoisotopic (exact) mass is 262 g/mol. The zero-order chi connectivity index (χ0) is 14.5. The van der Waals surface area contributed by atoms with Gasteiger partial charge in [-0.3, -0.25) is 4.79 Å². The van der Waals surface area contributed by atoms with Crippen molar-refractivity contribution < 1.29 is 9.53 Å². The maximum atomic E-state index is 12.3. The van der Waals surface area contributed by atoms with E-state index in [1.54, 1.807) is 0 Å². The van der Waals surface area contributed by atoms with Crippen LogP contribution in [-0.4, -0.2) is 12.4 Å². The lowest BCUT2D eigenvalue weighted by Gasteiger charge is -2.21. The first-order valence-corrected chi connectivity index (χ1v) is 7.20. The second-order valence-electron chi connectivity index (χ2n) is 5.92. The molecule has 0 bridgehead atoms. The Morgan fingerprint density at radius 1 is 1.21 bits per heavy atom. The normalized spacial score (nSPS) is 11.4. The summed E-state index contributed by atoms with van der Waals surface area (Å²) in [5.41, 5.74) is 1.96. The topological polar surface area (TPSA) is 26.3 Å². The van der Waals surface area contributed by atoms with Gasteiger partial charge in [0.25, 0.3) is 0 Å². The van der Waals surface area contributed by atoms with Crippen molar-refractivity contribution in [2.24, 2.45) is 0 Å². The molecular weight excluding hydrogens is 236 g/mol. The highest BCUT2D eigenvalue weighted by molar-refractivity contribution is 5.98. The second-order valence-corrected chi connectivity index (χ2v) is 5.92. The Balaban J connectivity index is 3.11. The number of unbranched alkanes of at least 4 members (excludes halogenated alkanes) is 1. The summed E-state index contributed by atoms with van der Waals surface area (Å²) in [5.74, 6) is 0.910. The van der Waals surface area contributed by atoms with E-state index < -0.39 is 0 Å². The highest BCUT2D eigenvalue weighted by Crippen LogP contribution is 2.29. The standard InChI is InChI=1S/C17H26O2/c1-6-8-9-15(18)14-12-13(17(3,4)5)10-11-16(14)19-7-2/h10-12H,6-9H2,1-5H3. The Kier molecular flexibility index (Phi) is 5.59. The van der Waals surface area contributed by atoms with Gasteiger partial charge in [0.2, 0.25) is 0 Å². The van der Waals surface area contributed by atoms with Crippen LogP contribution in [0.3, 0.4) is 0 Å². The van der Waals surface area contributed by atoms with E-state index in [0.29, 0.717) is 13.0 Å². The van der Waals surface area contributed by atoms with E-state index in [-0.39, 0.29) is 11.2 Å². The van der Waals surface area contributed by atoms with E-state index in [9.17, 15) is 4.79 Å². The van der Waals surface area contributed by atoms with Crippen molar-refractivity contribution in [3.05, 3.63) is 29.3 Å². The van der Waals surface area contributed by atoms with Gasteiger partial charge in [-0.2, -0.15) is 0 Å². The summed E-state index contributed by atoms with van der Waals surface area (Å²) in [4.78, 5) is 12.3. The van der Waals surface area contributed by atoms with Gasteiger partial charge in [-0.25, -0.2) is 0 Å². The molecular formula is C17H26O2. The maximum Gasteiger partial charge on any atom is 0.166 e. The molecule has 106 valence electrons. The van der Waals surface area contributed by atoms with Crippen LogP contribution in [0.2, 0.25) is 0 Å². The lowest BCUT2D eigenvalue weighted by atomic mass is 9.85. The number of carbonyl (C=O) groups is 1. The molecule has 0 amide bonds. The molecule has 0 aromatic heterocycles.